The van der Waals surface area contributed by atoms with Gasteiger partial charge in [0.25, 0.3) is 5.91 Å². The molecule has 0 aromatic heterocycles. The molecule has 0 radical (unpaired) electrons. The van der Waals surface area contributed by atoms with E-state index in [-0.39, 0.29) is 11.8 Å². The summed E-state index contributed by atoms with van der Waals surface area (Å²) in [6, 6.07) is 7.01. The Kier molecular flexibility index (Phi) is 6.32. The molecule has 1 aromatic rings. The SMILES string of the molecule is O=C(CBr)C(Cc1ccccc1)NC(=O)C(F)(F)C(F)F. The van der Waals surface area contributed by atoms with Crippen molar-refractivity contribution in [3.63, 3.8) is 0 Å². The molecule has 0 aliphatic carbocycles. The van der Waals surface area contributed by atoms with Gasteiger partial charge in [-0.15, -0.1) is 0 Å². The Bertz CT molecular complexity index is 496. The lowest BCUT2D eigenvalue weighted by molar-refractivity contribution is -0.170. The standard InChI is InChI=1S/C13H12BrF4NO2/c14-7-10(20)9(6-8-4-2-1-3-5-8)19-12(21)13(17,18)11(15)16/h1-5,9,11H,6-7H2,(H,19,21). The van der Waals surface area contributed by atoms with Crippen molar-refractivity contribution >= 4 is 27.6 Å². The smallest absolute Gasteiger partial charge is 0.340 e. The van der Waals surface area contributed by atoms with Gasteiger partial charge < -0.3 is 5.32 Å². The van der Waals surface area contributed by atoms with Gasteiger partial charge >= 0.3 is 12.3 Å². The highest BCUT2D eigenvalue weighted by Crippen LogP contribution is 2.23. The summed E-state index contributed by atoms with van der Waals surface area (Å²) < 4.78 is 50.1. The predicted molar refractivity (Wildman–Crippen MR) is 71.8 cm³/mol. The van der Waals surface area contributed by atoms with Crippen molar-refractivity contribution in [3.8, 4) is 0 Å². The van der Waals surface area contributed by atoms with Gasteiger partial charge in [0.1, 0.15) is 0 Å². The molecule has 0 spiro atoms. The molecule has 3 nitrogen and oxygen atoms in total. The molecule has 1 rings (SSSR count). The van der Waals surface area contributed by atoms with E-state index in [0.717, 1.165) is 0 Å². The van der Waals surface area contributed by atoms with Crippen LogP contribution in [-0.2, 0) is 16.0 Å². The number of nitrogens with one attached hydrogen (secondary N) is 1. The minimum atomic E-state index is -4.83. The summed E-state index contributed by atoms with van der Waals surface area (Å²) in [6.07, 6.45) is -4.19. The number of alkyl halides is 5. The molecule has 0 aliphatic rings. The fraction of sp³-hybridized carbons (Fsp3) is 0.385. The second-order valence-corrected chi connectivity index (χ2v) is 4.80. The minimum absolute atomic E-state index is 0.0592. The summed E-state index contributed by atoms with van der Waals surface area (Å²) in [5.41, 5.74) is 0.609. The molecule has 1 N–H and O–H groups in total. The maximum Gasteiger partial charge on any atom is 0.383 e. The molecule has 0 heterocycles. The number of carbonyl (C=O) groups is 2. The van der Waals surface area contributed by atoms with Crippen LogP contribution in [0, 0.1) is 0 Å². The summed E-state index contributed by atoms with van der Waals surface area (Å²) >= 11 is 2.86. The van der Waals surface area contributed by atoms with Crippen LogP contribution in [-0.4, -0.2) is 35.4 Å². The highest BCUT2D eigenvalue weighted by molar-refractivity contribution is 9.09. The van der Waals surface area contributed by atoms with Crippen molar-refractivity contribution in [1.82, 2.24) is 5.32 Å². The molecule has 116 valence electrons. The first-order chi connectivity index (χ1) is 9.78. The van der Waals surface area contributed by atoms with Gasteiger partial charge in [0.05, 0.1) is 11.4 Å². The van der Waals surface area contributed by atoms with E-state index in [1.165, 1.54) is 0 Å². The van der Waals surface area contributed by atoms with Crippen molar-refractivity contribution in [1.29, 1.82) is 0 Å². The van der Waals surface area contributed by atoms with Gasteiger partial charge in [0.2, 0.25) is 0 Å². The van der Waals surface area contributed by atoms with Crippen LogP contribution in [0.3, 0.4) is 0 Å². The van der Waals surface area contributed by atoms with Crippen LogP contribution in [0.1, 0.15) is 5.56 Å². The van der Waals surface area contributed by atoms with Crippen molar-refractivity contribution in [3.05, 3.63) is 35.9 Å². The molecule has 0 aliphatic heterocycles. The predicted octanol–water partition coefficient (Wildman–Crippen LogP) is 2.58. The number of halogens is 5. The maximum absolute atomic E-state index is 12.9. The molecule has 0 saturated heterocycles. The normalized spacial score (nSPS) is 13.0. The fourth-order valence-corrected chi connectivity index (χ4v) is 1.93. The molecule has 1 amide bonds. The number of Topliss-reactive ketones (excluding diaryl/α,β-unsaturated/α-hetero) is 1. The third-order valence-corrected chi connectivity index (χ3v) is 3.24. The van der Waals surface area contributed by atoms with E-state index in [1.54, 1.807) is 35.6 Å². The number of benzene rings is 1. The van der Waals surface area contributed by atoms with Crippen LogP contribution >= 0.6 is 15.9 Å². The van der Waals surface area contributed by atoms with E-state index >= 15 is 0 Å². The van der Waals surface area contributed by atoms with Crippen molar-refractivity contribution in [2.24, 2.45) is 0 Å². The molecule has 1 unspecified atom stereocenters. The van der Waals surface area contributed by atoms with Crippen LogP contribution < -0.4 is 5.32 Å². The monoisotopic (exact) mass is 369 g/mol. The highest BCUT2D eigenvalue weighted by Gasteiger charge is 2.49. The van der Waals surface area contributed by atoms with Gasteiger partial charge in [-0.05, 0) is 12.0 Å². The third kappa shape index (κ3) is 4.80. The van der Waals surface area contributed by atoms with Crippen LogP contribution in [0.25, 0.3) is 0 Å². The lowest BCUT2D eigenvalue weighted by atomic mass is 10.0. The zero-order valence-corrected chi connectivity index (χ0v) is 12.2. The lowest BCUT2D eigenvalue weighted by Gasteiger charge is -2.21. The number of hydrogen-bond acceptors (Lipinski definition) is 2. The summed E-state index contributed by atoms with van der Waals surface area (Å²) in [6.45, 7) is 0. The summed E-state index contributed by atoms with van der Waals surface area (Å²) in [7, 11) is 0. The number of rotatable bonds is 7. The van der Waals surface area contributed by atoms with E-state index in [2.05, 4.69) is 15.9 Å². The first-order valence-electron chi connectivity index (χ1n) is 5.88. The van der Waals surface area contributed by atoms with Crippen LogP contribution in [0.15, 0.2) is 30.3 Å². The Balaban J connectivity index is 2.85. The molecule has 8 heteroatoms. The number of hydrogen-bond donors (Lipinski definition) is 1. The zero-order chi connectivity index (χ0) is 16.0. The fourth-order valence-electron chi connectivity index (χ4n) is 1.54. The lowest BCUT2D eigenvalue weighted by Crippen LogP contribution is -2.52. The maximum atomic E-state index is 12.9. The first kappa shape index (κ1) is 17.6. The minimum Gasteiger partial charge on any atom is -0.340 e. The van der Waals surface area contributed by atoms with Crippen molar-refractivity contribution < 1.29 is 27.2 Å². The van der Waals surface area contributed by atoms with Crippen molar-refractivity contribution in [2.75, 3.05) is 5.33 Å². The van der Waals surface area contributed by atoms with Crippen LogP contribution in [0.2, 0.25) is 0 Å². The van der Waals surface area contributed by atoms with E-state index in [1.807, 2.05) is 0 Å². The second-order valence-electron chi connectivity index (χ2n) is 4.24. The van der Waals surface area contributed by atoms with Crippen molar-refractivity contribution in [2.45, 2.75) is 24.8 Å². The molecule has 1 atom stereocenters. The summed E-state index contributed by atoms with van der Waals surface area (Å²) in [5.74, 6) is -7.58. The van der Waals surface area contributed by atoms with E-state index in [0.29, 0.717) is 5.56 Å². The van der Waals surface area contributed by atoms with E-state index in [9.17, 15) is 27.2 Å². The highest BCUT2D eigenvalue weighted by atomic mass is 79.9. The Morgan fingerprint density at radius 2 is 1.76 bits per heavy atom. The molecule has 0 fully saturated rings. The summed E-state index contributed by atoms with van der Waals surface area (Å²) in [4.78, 5) is 22.9. The van der Waals surface area contributed by atoms with Gasteiger partial charge in [-0.3, -0.25) is 9.59 Å². The van der Waals surface area contributed by atoms with Gasteiger partial charge in [0.15, 0.2) is 5.78 Å². The molecule has 21 heavy (non-hydrogen) atoms. The Labute approximate surface area is 126 Å². The molecular weight excluding hydrogens is 358 g/mol. The Morgan fingerprint density at radius 3 is 2.24 bits per heavy atom. The number of carbonyl (C=O) groups excluding carboxylic acids is 2. The van der Waals surface area contributed by atoms with Gasteiger partial charge in [0, 0.05) is 0 Å². The number of ketones is 1. The third-order valence-electron chi connectivity index (χ3n) is 2.69. The first-order valence-corrected chi connectivity index (χ1v) is 7.00. The second kappa shape index (κ2) is 7.53. The van der Waals surface area contributed by atoms with Gasteiger partial charge in [-0.2, -0.15) is 8.78 Å². The quantitative estimate of drug-likeness (QED) is 0.593. The molecule has 1 aromatic carbocycles. The molecule has 0 bridgehead atoms. The zero-order valence-electron chi connectivity index (χ0n) is 10.7. The average Bonchev–Trinajstić information content (AvgIpc) is 2.46. The average molecular weight is 370 g/mol. The van der Waals surface area contributed by atoms with Crippen LogP contribution in [0.4, 0.5) is 17.6 Å². The Morgan fingerprint density at radius 1 is 1.19 bits per heavy atom. The number of amides is 1. The van der Waals surface area contributed by atoms with Crippen LogP contribution in [0.5, 0.6) is 0 Å². The largest absolute Gasteiger partial charge is 0.383 e. The summed E-state index contributed by atoms with van der Waals surface area (Å²) in [5, 5.41) is 1.50. The van der Waals surface area contributed by atoms with Gasteiger partial charge in [-0.25, -0.2) is 8.78 Å². The Hall–Kier alpha value is -1.44. The topological polar surface area (TPSA) is 46.2 Å². The molecule has 0 saturated carbocycles. The van der Waals surface area contributed by atoms with Gasteiger partial charge in [-0.1, -0.05) is 46.3 Å². The van der Waals surface area contributed by atoms with E-state index in [4.69, 9.17) is 0 Å². The van der Waals surface area contributed by atoms with E-state index < -0.39 is 30.1 Å². The molecular formula is C13H12BrF4NO2.